The molecule has 7 rings (SSSR count). The minimum atomic E-state index is 0.220. The third-order valence-corrected chi connectivity index (χ3v) is 18.8. The van der Waals surface area contributed by atoms with Crippen LogP contribution >= 0.6 is 68.9 Å². The number of rotatable bonds is 18. The second kappa shape index (κ2) is 25.7. The molecule has 61 heavy (non-hydrogen) atoms. The van der Waals surface area contributed by atoms with Crippen LogP contribution in [-0.4, -0.2) is 7.05 Å². The smallest absolute Gasteiger partial charge is 0.114 e. The molecule has 2 nitrogen and oxygen atoms in total. The molecule has 0 amide bonds. The number of hydrogen-bond donors (Lipinski definition) is 1. The van der Waals surface area contributed by atoms with Crippen molar-refractivity contribution < 1.29 is 0 Å². The highest BCUT2D eigenvalue weighted by molar-refractivity contribution is 8.01. The van der Waals surface area contributed by atoms with E-state index >= 15 is 0 Å². The Labute approximate surface area is 398 Å². The first-order valence-electron chi connectivity index (χ1n) is 23.8. The summed E-state index contributed by atoms with van der Waals surface area (Å²) < 4.78 is 0. The molecule has 338 valence electrons. The lowest BCUT2D eigenvalue weighted by molar-refractivity contribution is 0.437. The highest BCUT2D eigenvalue weighted by Crippen LogP contribution is 2.67. The molecule has 0 fully saturated rings. The molecular weight excluding hydrogens is 857 g/mol. The molecule has 6 heterocycles. The summed E-state index contributed by atoms with van der Waals surface area (Å²) in [5.41, 5.74) is 5.59. The monoisotopic (exact) mass is 936 g/mol. The van der Waals surface area contributed by atoms with Gasteiger partial charge in [0.1, 0.15) is 10.7 Å². The molecule has 4 aromatic heterocycles. The summed E-state index contributed by atoms with van der Waals surface area (Å²) in [6, 6.07) is 19.1. The van der Waals surface area contributed by atoms with Gasteiger partial charge in [0.15, 0.2) is 0 Å². The van der Waals surface area contributed by atoms with Crippen molar-refractivity contribution in [3.05, 3.63) is 77.8 Å². The van der Waals surface area contributed by atoms with Crippen molar-refractivity contribution in [1.29, 1.82) is 0 Å². The number of thiophene rings is 4. The number of hydrogen-bond acceptors (Lipinski definition) is 8. The van der Waals surface area contributed by atoms with Gasteiger partial charge in [-0.1, -0.05) is 145 Å². The molecule has 2 aliphatic rings. The lowest BCUT2D eigenvalue weighted by Crippen LogP contribution is -2.17. The van der Waals surface area contributed by atoms with Crippen molar-refractivity contribution >= 4 is 80.2 Å². The maximum atomic E-state index is 4.17. The third-order valence-electron chi connectivity index (χ3n) is 11.4. The van der Waals surface area contributed by atoms with Crippen LogP contribution in [0.3, 0.4) is 0 Å². The summed E-state index contributed by atoms with van der Waals surface area (Å²) in [6.07, 6.45) is 13.1. The van der Waals surface area contributed by atoms with Crippen LogP contribution in [0.25, 0.3) is 20.9 Å². The predicted octanol–water partition coefficient (Wildman–Crippen LogP) is 20.2. The summed E-state index contributed by atoms with van der Waals surface area (Å²) in [4.78, 5) is 17.0. The van der Waals surface area contributed by atoms with E-state index in [0.717, 1.165) is 23.7 Å². The minimum absolute atomic E-state index is 0.220. The third kappa shape index (κ3) is 13.7. The van der Waals surface area contributed by atoms with E-state index in [-0.39, 0.29) is 10.7 Å². The lowest BCUT2D eigenvalue weighted by Gasteiger charge is -2.24. The Hall–Kier alpha value is -1.68. The number of anilines is 2. The van der Waals surface area contributed by atoms with Gasteiger partial charge in [-0.15, -0.1) is 45.3 Å². The van der Waals surface area contributed by atoms with Gasteiger partial charge in [0.05, 0.1) is 11.4 Å². The summed E-state index contributed by atoms with van der Waals surface area (Å²) in [5, 5.41) is 4.66. The SMILES string of the molecule is CC.CC.CC.Cc1ccc(-c2c3c(c(-c4ccc(C)s4)c4c2SC(c2ccc(CCC(C)CCCC(C)C)s2)N4C)SC(c2ccc(CCC(C)CCCC(C)C)s2)N3)s1. The number of nitrogens with one attached hydrogen (secondary N) is 1. The predicted molar refractivity (Wildman–Crippen MR) is 287 cm³/mol. The fourth-order valence-corrected chi connectivity index (χ4v) is 15.3. The largest absolute Gasteiger partial charge is 0.367 e. The Bertz CT molecular complexity index is 2030. The standard InChI is InChI=1S/C47H62N2S6.3C2H6/c1-28(2)12-10-14-30(5)16-20-34-22-26-38(52-34)46-48-42-40(36-24-18-32(7)50-36)45-43(41(44(42)54-46)37-25-19-33(8)51-37)49(9)47(55-45)39-27-23-35(53-39)21-17-31(6)15-11-13-29(3)4;3*1-2/h18-19,22-31,46-48H,10-17,20-21H2,1-9H3;3*1-2H3. The molecule has 0 aliphatic carbocycles. The number of fused-ring (bicyclic) bond motifs is 2. The molecule has 2 aliphatic heterocycles. The average molecular weight is 938 g/mol. The van der Waals surface area contributed by atoms with Crippen molar-refractivity contribution in [2.24, 2.45) is 23.7 Å². The Balaban J connectivity index is 0.00000131. The molecule has 5 aromatic rings. The van der Waals surface area contributed by atoms with Crippen LogP contribution in [-0.2, 0) is 12.8 Å². The van der Waals surface area contributed by atoms with Crippen LogP contribution in [0.1, 0.15) is 174 Å². The Morgan fingerprint density at radius 2 is 1.03 bits per heavy atom. The van der Waals surface area contributed by atoms with Crippen LogP contribution in [0.2, 0.25) is 0 Å². The van der Waals surface area contributed by atoms with E-state index in [1.807, 2.05) is 98.7 Å². The van der Waals surface area contributed by atoms with E-state index in [1.54, 1.807) is 0 Å². The van der Waals surface area contributed by atoms with Crippen LogP contribution in [0, 0.1) is 37.5 Å². The first kappa shape index (κ1) is 51.9. The Morgan fingerprint density at radius 1 is 0.541 bits per heavy atom. The molecule has 0 saturated heterocycles. The van der Waals surface area contributed by atoms with Gasteiger partial charge in [0.25, 0.3) is 0 Å². The van der Waals surface area contributed by atoms with Gasteiger partial charge < -0.3 is 10.2 Å². The van der Waals surface area contributed by atoms with Crippen LogP contribution in [0.4, 0.5) is 11.4 Å². The first-order chi connectivity index (χ1) is 29.4. The van der Waals surface area contributed by atoms with Gasteiger partial charge in [0, 0.05) is 67.0 Å². The van der Waals surface area contributed by atoms with Crippen molar-refractivity contribution in [2.75, 3.05) is 17.3 Å². The van der Waals surface area contributed by atoms with E-state index in [9.17, 15) is 0 Å². The van der Waals surface area contributed by atoms with Crippen molar-refractivity contribution in [1.82, 2.24) is 0 Å². The normalized spacial score (nSPS) is 16.2. The minimum Gasteiger partial charge on any atom is -0.367 e. The quantitative estimate of drug-likeness (QED) is 0.0941. The number of thioether (sulfide) groups is 2. The van der Waals surface area contributed by atoms with E-state index < -0.39 is 0 Å². The fourth-order valence-electron chi connectivity index (χ4n) is 8.11. The molecule has 1 N–H and O–H groups in total. The van der Waals surface area contributed by atoms with E-state index in [4.69, 9.17) is 0 Å². The van der Waals surface area contributed by atoms with Gasteiger partial charge in [-0.3, -0.25) is 0 Å². The lowest BCUT2D eigenvalue weighted by atomic mass is 9.96. The molecule has 1 aromatic carbocycles. The molecule has 0 saturated carbocycles. The van der Waals surface area contributed by atoms with Crippen LogP contribution in [0.5, 0.6) is 0 Å². The van der Waals surface area contributed by atoms with Crippen molar-refractivity contribution in [3.8, 4) is 20.9 Å². The molecule has 8 heteroatoms. The van der Waals surface area contributed by atoms with Gasteiger partial charge >= 0.3 is 0 Å². The van der Waals surface area contributed by atoms with E-state index in [1.165, 1.54) is 136 Å². The molecule has 0 bridgehead atoms. The fraction of sp³-hybridized carbons (Fsp3) is 0.585. The second-order valence-electron chi connectivity index (χ2n) is 17.2. The maximum absolute atomic E-state index is 4.17. The Morgan fingerprint density at radius 3 is 1.52 bits per heavy atom. The average Bonchev–Trinajstić information content (AvgIpc) is 4.12. The van der Waals surface area contributed by atoms with Gasteiger partial charge in [0.2, 0.25) is 0 Å². The number of aryl methyl sites for hydroxylation is 4. The molecule has 4 atom stereocenters. The second-order valence-corrected chi connectivity index (χ2v) is 24.4. The van der Waals surface area contributed by atoms with Gasteiger partial charge in [-0.25, -0.2) is 0 Å². The summed E-state index contributed by atoms with van der Waals surface area (Å²) in [7, 11) is 2.36. The highest BCUT2D eigenvalue weighted by atomic mass is 32.2. The highest BCUT2D eigenvalue weighted by Gasteiger charge is 2.41. The number of nitrogens with zero attached hydrogens (tertiary/aromatic N) is 1. The van der Waals surface area contributed by atoms with Crippen molar-refractivity contribution in [2.45, 2.75) is 182 Å². The molecule has 0 spiro atoms. The first-order valence-corrected chi connectivity index (χ1v) is 28.8. The Kier molecular flexibility index (Phi) is 21.9. The zero-order valence-corrected chi connectivity index (χ0v) is 45.4. The van der Waals surface area contributed by atoms with E-state index in [2.05, 4.69) is 133 Å². The molecule has 4 unspecified atom stereocenters. The molecule has 0 radical (unpaired) electrons. The molecular formula is C53H80N2S6. The maximum Gasteiger partial charge on any atom is 0.114 e. The topological polar surface area (TPSA) is 15.3 Å². The van der Waals surface area contributed by atoms with Gasteiger partial charge in [-0.05, 0) is 112 Å². The summed E-state index contributed by atoms with van der Waals surface area (Å²) in [6.45, 7) is 30.8. The zero-order valence-electron chi connectivity index (χ0n) is 40.6. The summed E-state index contributed by atoms with van der Waals surface area (Å²) in [5.74, 6) is 3.20. The zero-order chi connectivity index (χ0) is 44.8. The summed E-state index contributed by atoms with van der Waals surface area (Å²) >= 11 is 12.1. The van der Waals surface area contributed by atoms with Crippen molar-refractivity contribution in [3.63, 3.8) is 0 Å². The van der Waals surface area contributed by atoms with Crippen LogP contribution < -0.4 is 10.2 Å². The number of benzene rings is 1. The van der Waals surface area contributed by atoms with Crippen LogP contribution in [0.15, 0.2) is 58.3 Å². The van der Waals surface area contributed by atoms with Gasteiger partial charge in [-0.2, -0.15) is 0 Å². The van der Waals surface area contributed by atoms with E-state index in [0.29, 0.717) is 0 Å².